The van der Waals surface area contributed by atoms with Crippen LogP contribution in [0.3, 0.4) is 0 Å². The van der Waals surface area contributed by atoms with Crippen LogP contribution < -0.4 is 43.8 Å². The first-order valence-corrected chi connectivity index (χ1v) is 8.52. The standard InChI is InChI=1S/C16H15F2N3O4S.Na.H/c1-23-13-5-6-19-12(14(13)24-2)8-26(22)16-20-10-4-3-9(25-15(17)18)7-11(10)21-16;;/h3-7,15H,8H2,1-2H3,(H,20,21);;/q;+1;-1/t26-;;/m0../s1/i1D3;;. The molecule has 27 heavy (non-hydrogen) atoms. The maximum Gasteiger partial charge on any atom is 1.00 e. The molecule has 0 saturated heterocycles. The summed E-state index contributed by atoms with van der Waals surface area (Å²) in [5.41, 5.74) is 0.982. The van der Waals surface area contributed by atoms with E-state index in [4.69, 9.17) is 13.6 Å². The Balaban J connectivity index is 0.00000240. The Kier molecular flexibility index (Phi) is 6.07. The quantitative estimate of drug-likeness (QED) is 0.552. The van der Waals surface area contributed by atoms with E-state index in [9.17, 15) is 13.0 Å². The van der Waals surface area contributed by atoms with E-state index < -0.39 is 24.4 Å². The second-order valence-electron chi connectivity index (χ2n) is 4.98. The van der Waals surface area contributed by atoms with Crippen molar-refractivity contribution in [2.24, 2.45) is 0 Å². The predicted octanol–water partition coefficient (Wildman–Crippen LogP) is 0.000800. The Morgan fingerprint density at radius 2 is 2.19 bits per heavy atom. The molecular weight excluding hydrogens is 391 g/mol. The first-order chi connectivity index (χ1) is 13.7. The summed E-state index contributed by atoms with van der Waals surface area (Å²) < 4.78 is 73.4. The fourth-order valence-corrected chi connectivity index (χ4v) is 3.33. The smallest absolute Gasteiger partial charge is 1.00 e. The van der Waals surface area contributed by atoms with Crippen molar-refractivity contribution in [1.29, 1.82) is 0 Å². The number of ether oxygens (including phenoxy) is 3. The number of methoxy groups -OCH3 is 2. The fourth-order valence-electron chi connectivity index (χ4n) is 2.31. The third kappa shape index (κ3) is 4.95. The number of aromatic nitrogens is 3. The van der Waals surface area contributed by atoms with E-state index in [0.717, 1.165) is 0 Å². The van der Waals surface area contributed by atoms with Crippen LogP contribution >= 0.6 is 0 Å². The number of nitrogens with one attached hydrogen (secondary N) is 1. The van der Waals surface area contributed by atoms with Crippen molar-refractivity contribution in [3.63, 3.8) is 0 Å². The van der Waals surface area contributed by atoms with Gasteiger partial charge in [-0.2, -0.15) is 8.78 Å². The van der Waals surface area contributed by atoms with Crippen molar-refractivity contribution >= 4 is 21.8 Å². The molecule has 1 aromatic carbocycles. The number of pyridine rings is 1. The number of nitrogens with zero attached hydrogens (tertiary/aromatic N) is 2. The number of hydrogen-bond acceptors (Lipinski definition) is 6. The van der Waals surface area contributed by atoms with Gasteiger partial charge in [-0.1, -0.05) is 0 Å². The normalized spacial score (nSPS) is 14.0. The van der Waals surface area contributed by atoms with E-state index in [1.165, 1.54) is 37.6 Å². The Bertz CT molecular complexity index is 1060. The van der Waals surface area contributed by atoms with Crippen LogP contribution in [0.4, 0.5) is 8.78 Å². The molecule has 0 saturated carbocycles. The van der Waals surface area contributed by atoms with E-state index in [1.54, 1.807) is 0 Å². The molecule has 0 aliphatic rings. The van der Waals surface area contributed by atoms with Gasteiger partial charge in [0.1, 0.15) is 5.75 Å². The van der Waals surface area contributed by atoms with Gasteiger partial charge in [0, 0.05) is 18.3 Å². The number of fused-ring (bicyclic) bond motifs is 1. The van der Waals surface area contributed by atoms with Crippen LogP contribution in [-0.4, -0.2) is 39.9 Å². The monoisotopic (exact) mass is 410 g/mol. The zero-order chi connectivity index (χ0) is 21.2. The number of imidazole rings is 1. The third-order valence-corrected chi connectivity index (χ3v) is 4.56. The first kappa shape index (κ1) is 17.4. The Hall–Kier alpha value is -1.75. The summed E-state index contributed by atoms with van der Waals surface area (Å²) in [6.07, 6.45) is 1.31. The molecule has 1 N–H and O–H groups in total. The average Bonchev–Trinajstić information content (AvgIpc) is 3.03. The van der Waals surface area contributed by atoms with E-state index in [2.05, 4.69) is 19.7 Å². The summed E-state index contributed by atoms with van der Waals surface area (Å²) in [6, 6.07) is 5.41. The van der Waals surface area contributed by atoms with E-state index >= 15 is 0 Å². The number of rotatable bonds is 7. The summed E-state index contributed by atoms with van der Waals surface area (Å²) in [5.74, 6) is -0.235. The number of alkyl halides is 2. The second kappa shape index (κ2) is 9.45. The molecule has 0 amide bonds. The minimum atomic E-state index is -2.97. The second-order valence-corrected chi connectivity index (χ2v) is 6.35. The molecule has 3 aromatic rings. The van der Waals surface area contributed by atoms with Crippen molar-refractivity contribution in [1.82, 2.24) is 15.0 Å². The minimum Gasteiger partial charge on any atom is -1.00 e. The molecular formula is C16H16F2N3NaO4S. The van der Waals surface area contributed by atoms with Crippen LogP contribution in [0.2, 0.25) is 0 Å². The van der Waals surface area contributed by atoms with Crippen molar-refractivity contribution in [2.45, 2.75) is 17.5 Å². The summed E-state index contributed by atoms with van der Waals surface area (Å²) in [6.45, 7) is -2.97. The van der Waals surface area contributed by atoms with E-state index in [-0.39, 0.29) is 64.8 Å². The molecule has 0 unspecified atom stereocenters. The van der Waals surface area contributed by atoms with Gasteiger partial charge in [-0.15, -0.1) is 0 Å². The molecule has 0 aliphatic carbocycles. The number of halogens is 2. The van der Waals surface area contributed by atoms with Gasteiger partial charge in [-0.25, -0.2) is 4.98 Å². The first-order valence-electron chi connectivity index (χ1n) is 8.70. The summed E-state index contributed by atoms with van der Waals surface area (Å²) in [5, 5.41) is 0.0835. The average molecular weight is 410 g/mol. The van der Waals surface area contributed by atoms with Crippen LogP contribution in [0.25, 0.3) is 11.0 Å². The van der Waals surface area contributed by atoms with Crippen LogP contribution in [0.15, 0.2) is 35.6 Å². The van der Waals surface area contributed by atoms with Crippen molar-refractivity contribution in [3.8, 4) is 17.2 Å². The molecule has 0 aliphatic heterocycles. The largest absolute Gasteiger partial charge is 1.00 e. The molecule has 11 heteroatoms. The zero-order valence-corrected chi connectivity index (χ0v) is 17.2. The van der Waals surface area contributed by atoms with Gasteiger partial charge in [-0.05, 0) is 12.1 Å². The minimum absolute atomic E-state index is 0. The van der Waals surface area contributed by atoms with Gasteiger partial charge in [-0.3, -0.25) is 9.19 Å². The maximum absolute atomic E-state index is 12.7. The Morgan fingerprint density at radius 1 is 1.37 bits per heavy atom. The third-order valence-electron chi connectivity index (χ3n) is 3.40. The number of benzene rings is 1. The van der Waals surface area contributed by atoms with Gasteiger partial charge in [0.05, 0.1) is 51.5 Å². The van der Waals surface area contributed by atoms with E-state index in [0.29, 0.717) is 11.0 Å². The molecule has 7 nitrogen and oxygen atoms in total. The number of aromatic amines is 1. The molecule has 0 spiro atoms. The molecule has 0 fully saturated rings. The van der Waals surface area contributed by atoms with Gasteiger partial charge in [0.25, 0.3) is 0 Å². The Morgan fingerprint density at radius 3 is 2.89 bits per heavy atom. The zero-order valence-electron chi connectivity index (χ0n) is 18.4. The van der Waals surface area contributed by atoms with Crippen molar-refractivity contribution in [3.05, 3.63) is 36.2 Å². The molecule has 0 radical (unpaired) electrons. The van der Waals surface area contributed by atoms with Gasteiger partial charge >= 0.3 is 36.2 Å². The molecule has 3 rings (SSSR count). The van der Waals surface area contributed by atoms with Crippen LogP contribution in [0, 0.1) is 0 Å². The van der Waals surface area contributed by atoms with Gasteiger partial charge in [0.15, 0.2) is 16.7 Å². The Labute approximate surface area is 183 Å². The van der Waals surface area contributed by atoms with Crippen LogP contribution in [0.5, 0.6) is 17.2 Å². The van der Waals surface area contributed by atoms with E-state index in [1.807, 2.05) is 0 Å². The number of H-pyrrole nitrogens is 1. The maximum atomic E-state index is 12.7. The molecule has 2 heterocycles. The van der Waals surface area contributed by atoms with Crippen molar-refractivity contribution < 1.29 is 62.3 Å². The van der Waals surface area contributed by atoms with Crippen LogP contribution in [-0.2, 0) is 16.6 Å². The molecule has 0 bridgehead atoms. The van der Waals surface area contributed by atoms with Gasteiger partial charge < -0.3 is 20.6 Å². The predicted molar refractivity (Wildman–Crippen MR) is 91.3 cm³/mol. The van der Waals surface area contributed by atoms with Gasteiger partial charge in [0.2, 0.25) is 0 Å². The summed E-state index contributed by atoms with van der Waals surface area (Å²) in [7, 11) is -3.11. The molecule has 140 valence electrons. The fraction of sp³-hybridized carbons (Fsp3) is 0.250. The topological polar surface area (TPSA) is 86.3 Å². The number of hydrogen-bond donors (Lipinski definition) is 1. The molecule has 1 atom stereocenters. The summed E-state index contributed by atoms with van der Waals surface area (Å²) >= 11 is 0. The van der Waals surface area contributed by atoms with Crippen LogP contribution in [0.1, 0.15) is 11.2 Å². The summed E-state index contributed by atoms with van der Waals surface area (Å²) in [4.78, 5) is 11.1. The van der Waals surface area contributed by atoms with Crippen molar-refractivity contribution in [2.75, 3.05) is 14.1 Å². The SMILES string of the molecule is [2H]C([2H])([2H])Oc1ccnc(C[S@](=O)c2nc3ccc(OC(F)F)cc3[nH]2)c1OC.[H-].[Na+]. The molecule has 2 aromatic heterocycles.